The maximum atomic E-state index is 6.00. The Morgan fingerprint density at radius 3 is 1.71 bits per heavy atom. The summed E-state index contributed by atoms with van der Waals surface area (Å²) in [7, 11) is 7.42. The molecule has 3 N–H and O–H groups in total. The van der Waals surface area contributed by atoms with E-state index in [9.17, 15) is 0 Å². The summed E-state index contributed by atoms with van der Waals surface area (Å²) in [6.07, 6.45) is 15.1. The highest BCUT2D eigenvalue weighted by molar-refractivity contribution is 6.28. The van der Waals surface area contributed by atoms with Crippen molar-refractivity contribution in [3.8, 4) is 34.4 Å². The standard InChI is InChI=1S/C23H28N6O3.C12H16ClN3O2.C11H13N3O/c1-15-12-29(14-25-15)18-5-4-17(10-20(18)30-3)26-23-24-11-21-22(27-23)28(2)19(13-32-21)16-6-8-31-9-7-16;1-16-9(8-2-4-17-5-3-8)7-18-10-6-14-12(13)15-11(10)16;1-8-6-14(7-13-8)10-4-3-9(12)5-11(10)15-2/h4-5,10-12,14,16,19H,6-9,13H2,1-3H3,(H,24,26,27);6,8-9H,2-5,7H2,1H3;3-7H,12H2,1-2H3. The van der Waals surface area contributed by atoms with Gasteiger partial charge in [-0.25, -0.2) is 19.9 Å². The summed E-state index contributed by atoms with van der Waals surface area (Å²) in [5.74, 6) is 6.14. The number of nitrogens with zero attached hydrogens (tertiary/aromatic N) is 10. The minimum Gasteiger partial charge on any atom is -0.494 e. The van der Waals surface area contributed by atoms with E-state index in [4.69, 9.17) is 50.7 Å². The van der Waals surface area contributed by atoms with Crippen molar-refractivity contribution in [2.24, 2.45) is 11.8 Å². The van der Waals surface area contributed by atoms with Crippen LogP contribution in [0, 0.1) is 25.7 Å². The van der Waals surface area contributed by atoms with Crippen LogP contribution in [0.15, 0.2) is 73.8 Å². The van der Waals surface area contributed by atoms with Gasteiger partial charge in [0, 0.05) is 76.4 Å². The molecule has 2 atom stereocenters. The Bertz CT molecular complexity index is 2530. The summed E-state index contributed by atoms with van der Waals surface area (Å²) >= 11 is 5.85. The van der Waals surface area contributed by atoms with Crippen LogP contribution in [0.1, 0.15) is 37.1 Å². The molecular formula is C46H57ClN12O6. The molecule has 0 spiro atoms. The van der Waals surface area contributed by atoms with Gasteiger partial charge in [-0.15, -0.1) is 0 Å². The lowest BCUT2D eigenvalue weighted by atomic mass is 9.90. The van der Waals surface area contributed by atoms with Crippen LogP contribution < -0.4 is 39.8 Å². The molecule has 2 fully saturated rings. The molecule has 10 rings (SSSR count). The first-order chi connectivity index (χ1) is 31.6. The number of ether oxygens (including phenoxy) is 6. The number of methoxy groups -OCH3 is 2. The van der Waals surface area contributed by atoms with Gasteiger partial charge in [-0.1, -0.05) is 0 Å². The molecule has 0 saturated carbocycles. The molecule has 4 aromatic heterocycles. The molecule has 4 aliphatic heterocycles. The molecule has 2 aromatic carbocycles. The summed E-state index contributed by atoms with van der Waals surface area (Å²) in [4.78, 5) is 30.3. The molecule has 344 valence electrons. The van der Waals surface area contributed by atoms with Crippen LogP contribution in [0.5, 0.6) is 23.0 Å². The van der Waals surface area contributed by atoms with E-state index in [0.717, 1.165) is 104 Å². The minimum atomic E-state index is 0.261. The van der Waals surface area contributed by atoms with Crippen LogP contribution in [0.4, 0.5) is 29.0 Å². The second kappa shape index (κ2) is 20.6. The van der Waals surface area contributed by atoms with E-state index in [2.05, 4.69) is 47.1 Å². The topological polar surface area (TPSA) is 187 Å². The fourth-order valence-electron chi connectivity index (χ4n) is 8.58. The predicted octanol–water partition coefficient (Wildman–Crippen LogP) is 6.87. The monoisotopic (exact) mass is 908 g/mol. The number of rotatable bonds is 8. The van der Waals surface area contributed by atoms with E-state index >= 15 is 0 Å². The number of hydrogen-bond donors (Lipinski definition) is 2. The number of halogens is 1. The average molecular weight is 909 g/mol. The van der Waals surface area contributed by atoms with Crippen molar-refractivity contribution in [1.29, 1.82) is 0 Å². The van der Waals surface area contributed by atoms with Crippen molar-refractivity contribution < 1.29 is 28.4 Å². The fraction of sp³-hybridized carbons (Fsp3) is 0.435. The number of aromatic nitrogens is 8. The lowest BCUT2D eigenvalue weighted by Crippen LogP contribution is -2.47. The van der Waals surface area contributed by atoms with Gasteiger partial charge >= 0.3 is 0 Å². The zero-order chi connectivity index (χ0) is 45.5. The van der Waals surface area contributed by atoms with Crippen molar-refractivity contribution in [3.05, 3.63) is 90.5 Å². The Kier molecular flexibility index (Phi) is 14.4. The molecule has 0 aliphatic carbocycles. The summed E-state index contributed by atoms with van der Waals surface area (Å²) in [6.45, 7) is 8.54. The lowest BCUT2D eigenvalue weighted by Gasteiger charge is -2.40. The van der Waals surface area contributed by atoms with E-state index < -0.39 is 0 Å². The quantitative estimate of drug-likeness (QED) is 0.119. The number of nitrogens with two attached hydrogens (primary N) is 1. The van der Waals surface area contributed by atoms with Gasteiger partial charge in [0.25, 0.3) is 0 Å². The van der Waals surface area contributed by atoms with Crippen molar-refractivity contribution in [1.82, 2.24) is 39.0 Å². The molecule has 0 radical (unpaired) electrons. The van der Waals surface area contributed by atoms with Gasteiger partial charge in [0.1, 0.15) is 24.7 Å². The first-order valence-corrected chi connectivity index (χ1v) is 22.1. The van der Waals surface area contributed by atoms with E-state index in [1.165, 1.54) is 0 Å². The third kappa shape index (κ3) is 10.6. The third-order valence-corrected chi connectivity index (χ3v) is 12.3. The first kappa shape index (κ1) is 45.2. The van der Waals surface area contributed by atoms with Crippen LogP contribution in [0.25, 0.3) is 11.4 Å². The Labute approximate surface area is 384 Å². The molecule has 2 unspecified atom stereocenters. The van der Waals surface area contributed by atoms with Crippen LogP contribution in [-0.2, 0) is 9.47 Å². The maximum absolute atomic E-state index is 6.00. The van der Waals surface area contributed by atoms with Gasteiger partial charge < -0.3 is 58.4 Å². The molecule has 65 heavy (non-hydrogen) atoms. The molecule has 0 amide bonds. The Morgan fingerprint density at radius 2 is 1.18 bits per heavy atom. The van der Waals surface area contributed by atoms with Gasteiger partial charge in [0.05, 0.1) is 74.1 Å². The second-order valence-corrected chi connectivity index (χ2v) is 16.7. The van der Waals surface area contributed by atoms with E-state index in [0.29, 0.717) is 54.2 Å². The lowest BCUT2D eigenvalue weighted by molar-refractivity contribution is 0.0492. The fourth-order valence-corrected chi connectivity index (χ4v) is 8.71. The molecule has 4 aliphatic rings. The van der Waals surface area contributed by atoms with Crippen LogP contribution in [0.3, 0.4) is 0 Å². The number of aryl methyl sites for hydroxylation is 2. The molecule has 18 nitrogen and oxygen atoms in total. The molecular weight excluding hydrogens is 852 g/mol. The van der Waals surface area contributed by atoms with Crippen LogP contribution >= 0.6 is 11.6 Å². The number of likely N-dealkylation sites (N-methyl/N-ethyl adjacent to an activating group) is 2. The molecule has 8 heterocycles. The van der Waals surface area contributed by atoms with Crippen molar-refractivity contribution >= 4 is 40.6 Å². The van der Waals surface area contributed by atoms with Gasteiger partial charge in [-0.2, -0.15) is 9.97 Å². The van der Waals surface area contributed by atoms with E-state index in [-0.39, 0.29) is 11.3 Å². The van der Waals surface area contributed by atoms with E-state index in [1.54, 1.807) is 45.3 Å². The zero-order valence-corrected chi connectivity index (χ0v) is 38.4. The molecule has 19 heteroatoms. The molecule has 0 bridgehead atoms. The average Bonchev–Trinajstić information content (AvgIpc) is 3.98. The van der Waals surface area contributed by atoms with Gasteiger partial charge in [0.2, 0.25) is 11.2 Å². The summed E-state index contributed by atoms with van der Waals surface area (Å²) in [5.41, 5.74) is 11.0. The summed E-state index contributed by atoms with van der Waals surface area (Å²) in [6, 6.07) is 12.1. The summed E-state index contributed by atoms with van der Waals surface area (Å²) in [5, 5.41) is 3.56. The van der Waals surface area contributed by atoms with Crippen LogP contribution in [0.2, 0.25) is 5.28 Å². The van der Waals surface area contributed by atoms with Crippen LogP contribution in [-0.4, -0.2) is 119 Å². The number of benzene rings is 2. The largest absolute Gasteiger partial charge is 0.494 e. The number of fused-ring (bicyclic) bond motifs is 2. The Hall–Kier alpha value is -6.37. The SMILES string of the molecule is CN1c2nc(Cl)ncc2OCC1C1CCOCC1.COc1cc(N)ccc1-n1cnc(C)c1.COc1cc(Nc2ncc3c(n2)N(C)C(C2CCOCC2)CO3)ccc1-n1cnc(C)c1. The predicted molar refractivity (Wildman–Crippen MR) is 249 cm³/mol. The first-order valence-electron chi connectivity index (χ1n) is 21.7. The molecule has 6 aromatic rings. The number of anilines is 5. The van der Waals surface area contributed by atoms with Crippen molar-refractivity contribution in [2.45, 2.75) is 51.6 Å². The maximum Gasteiger partial charge on any atom is 0.229 e. The van der Waals surface area contributed by atoms with Gasteiger partial charge in [-0.05, 0) is 87.2 Å². The second-order valence-electron chi connectivity index (χ2n) is 16.4. The zero-order valence-electron chi connectivity index (χ0n) is 37.7. The van der Waals surface area contributed by atoms with Crippen molar-refractivity contribution in [3.63, 3.8) is 0 Å². The minimum absolute atomic E-state index is 0.261. The Morgan fingerprint density at radius 1 is 0.677 bits per heavy atom. The summed E-state index contributed by atoms with van der Waals surface area (Å²) < 4.78 is 37.4. The van der Waals surface area contributed by atoms with Gasteiger partial charge in [-0.3, -0.25) is 0 Å². The number of hydrogen-bond acceptors (Lipinski definition) is 16. The highest BCUT2D eigenvalue weighted by Crippen LogP contribution is 2.38. The van der Waals surface area contributed by atoms with Crippen molar-refractivity contribution in [2.75, 3.05) is 88.8 Å². The van der Waals surface area contributed by atoms with E-state index in [1.807, 2.05) is 72.8 Å². The van der Waals surface area contributed by atoms with Gasteiger partial charge in [0.15, 0.2) is 23.1 Å². The smallest absolute Gasteiger partial charge is 0.229 e. The number of nitrogens with one attached hydrogen (secondary N) is 1. The Balaban J connectivity index is 0.000000147. The number of imidazole rings is 2. The molecule has 2 saturated heterocycles. The highest BCUT2D eigenvalue weighted by atomic mass is 35.5. The number of nitrogen functional groups attached to an aromatic ring is 1. The third-order valence-electron chi connectivity index (χ3n) is 12.2. The normalized spacial score (nSPS) is 18.4. The highest BCUT2D eigenvalue weighted by Gasteiger charge is 2.35.